The molecule has 0 atom stereocenters. The number of nitrogens with zero attached hydrogens (tertiary/aromatic N) is 1. The lowest BCUT2D eigenvalue weighted by Gasteiger charge is -2.11. The van der Waals surface area contributed by atoms with E-state index in [1.165, 1.54) is 30.3 Å². The molecule has 21 heavy (non-hydrogen) atoms. The average Bonchev–Trinajstić information content (AvgIpc) is 2.43. The Morgan fingerprint density at radius 1 is 1.24 bits per heavy atom. The standard InChI is InChI=1S/C14H12ClN3O2S/c1-9-2-4-11(7-13(9)17)21(19,20)18-14-5-3-10(8-16)6-12(14)15/h2-7,18H,17H2,1H3. The van der Waals surface area contributed by atoms with Gasteiger partial charge >= 0.3 is 0 Å². The molecule has 0 radical (unpaired) electrons. The number of hydrogen-bond acceptors (Lipinski definition) is 4. The maximum Gasteiger partial charge on any atom is 0.262 e. The average molecular weight is 322 g/mol. The lowest BCUT2D eigenvalue weighted by atomic mass is 10.2. The van der Waals surface area contributed by atoms with Crippen molar-refractivity contribution in [3.05, 3.63) is 52.5 Å². The van der Waals surface area contributed by atoms with Gasteiger partial charge in [0.05, 0.1) is 27.2 Å². The zero-order valence-corrected chi connectivity index (χ0v) is 12.7. The van der Waals surface area contributed by atoms with Gasteiger partial charge in [0.15, 0.2) is 0 Å². The highest BCUT2D eigenvalue weighted by Crippen LogP contribution is 2.26. The SMILES string of the molecule is Cc1ccc(S(=O)(=O)Nc2ccc(C#N)cc2Cl)cc1N. The van der Waals surface area contributed by atoms with Crippen molar-refractivity contribution in [2.24, 2.45) is 0 Å². The zero-order valence-electron chi connectivity index (χ0n) is 11.1. The summed E-state index contributed by atoms with van der Waals surface area (Å²) in [5, 5.41) is 8.91. The predicted molar refractivity (Wildman–Crippen MR) is 82.6 cm³/mol. The van der Waals surface area contributed by atoms with Gasteiger partial charge in [-0.3, -0.25) is 4.72 Å². The number of sulfonamides is 1. The highest BCUT2D eigenvalue weighted by molar-refractivity contribution is 7.92. The van der Waals surface area contributed by atoms with Crippen LogP contribution in [0.4, 0.5) is 11.4 Å². The van der Waals surface area contributed by atoms with Gasteiger partial charge in [0.25, 0.3) is 10.0 Å². The fraction of sp³-hybridized carbons (Fsp3) is 0.0714. The summed E-state index contributed by atoms with van der Waals surface area (Å²) in [5.41, 5.74) is 7.47. The summed E-state index contributed by atoms with van der Waals surface area (Å²) >= 11 is 5.96. The molecule has 0 spiro atoms. The Kier molecular flexibility index (Phi) is 4.07. The highest BCUT2D eigenvalue weighted by atomic mass is 35.5. The molecular weight excluding hydrogens is 310 g/mol. The van der Waals surface area contributed by atoms with Crippen molar-refractivity contribution in [2.75, 3.05) is 10.5 Å². The molecule has 0 saturated carbocycles. The van der Waals surface area contributed by atoms with Crippen LogP contribution in [0.5, 0.6) is 0 Å². The second-order valence-corrected chi connectivity index (χ2v) is 6.52. The van der Waals surface area contributed by atoms with Crippen molar-refractivity contribution in [2.45, 2.75) is 11.8 Å². The molecule has 2 rings (SSSR count). The second kappa shape index (κ2) is 5.64. The van der Waals surface area contributed by atoms with E-state index in [0.29, 0.717) is 11.3 Å². The van der Waals surface area contributed by atoms with Gasteiger partial charge in [-0.2, -0.15) is 5.26 Å². The summed E-state index contributed by atoms with van der Waals surface area (Å²) < 4.78 is 26.9. The molecule has 2 aromatic carbocycles. The maximum atomic E-state index is 12.3. The number of hydrogen-bond donors (Lipinski definition) is 2. The van der Waals surface area contributed by atoms with Gasteiger partial charge in [-0.1, -0.05) is 17.7 Å². The van der Waals surface area contributed by atoms with Crippen LogP contribution in [-0.4, -0.2) is 8.42 Å². The molecule has 0 saturated heterocycles. The van der Waals surface area contributed by atoms with Crippen LogP contribution in [0.3, 0.4) is 0 Å². The van der Waals surface area contributed by atoms with Crippen molar-refractivity contribution in [3.8, 4) is 6.07 Å². The van der Waals surface area contributed by atoms with Crippen molar-refractivity contribution < 1.29 is 8.42 Å². The van der Waals surface area contributed by atoms with Gasteiger partial charge in [0.2, 0.25) is 0 Å². The van der Waals surface area contributed by atoms with Crippen LogP contribution >= 0.6 is 11.6 Å². The van der Waals surface area contributed by atoms with E-state index in [4.69, 9.17) is 22.6 Å². The molecule has 3 N–H and O–H groups in total. The Bertz CT molecular complexity index is 842. The van der Waals surface area contributed by atoms with E-state index in [9.17, 15) is 8.42 Å². The van der Waals surface area contributed by atoms with Crippen LogP contribution in [0, 0.1) is 18.3 Å². The van der Waals surface area contributed by atoms with E-state index in [1.54, 1.807) is 13.0 Å². The Morgan fingerprint density at radius 2 is 1.95 bits per heavy atom. The largest absolute Gasteiger partial charge is 0.398 e. The molecule has 0 bridgehead atoms. The van der Waals surface area contributed by atoms with Crippen LogP contribution in [-0.2, 0) is 10.0 Å². The van der Waals surface area contributed by atoms with Crippen LogP contribution < -0.4 is 10.5 Å². The smallest absolute Gasteiger partial charge is 0.262 e. The molecule has 2 aromatic rings. The summed E-state index contributed by atoms with van der Waals surface area (Å²) in [6.07, 6.45) is 0. The van der Waals surface area contributed by atoms with Crippen LogP contribution in [0.15, 0.2) is 41.3 Å². The number of halogens is 1. The molecule has 0 aliphatic heterocycles. The molecule has 0 aromatic heterocycles. The van der Waals surface area contributed by atoms with Crippen molar-refractivity contribution in [1.82, 2.24) is 0 Å². The van der Waals surface area contributed by atoms with Gasteiger partial charge in [-0.05, 0) is 42.8 Å². The maximum absolute atomic E-state index is 12.3. The molecule has 7 heteroatoms. The second-order valence-electron chi connectivity index (χ2n) is 4.43. The zero-order chi connectivity index (χ0) is 15.6. The minimum atomic E-state index is -3.79. The molecule has 0 amide bonds. The number of nitrogen functional groups attached to an aromatic ring is 1. The normalized spacial score (nSPS) is 10.9. The van der Waals surface area contributed by atoms with Gasteiger partial charge in [-0.25, -0.2) is 8.42 Å². The predicted octanol–water partition coefficient (Wildman–Crippen LogP) is 2.90. The lowest BCUT2D eigenvalue weighted by molar-refractivity contribution is 0.601. The molecule has 0 heterocycles. The molecule has 0 unspecified atom stereocenters. The number of nitriles is 1. The van der Waals surface area contributed by atoms with Gasteiger partial charge in [0.1, 0.15) is 0 Å². The fourth-order valence-electron chi connectivity index (χ4n) is 1.66. The minimum absolute atomic E-state index is 0.0472. The molecule has 0 fully saturated rings. The van der Waals surface area contributed by atoms with E-state index in [1.807, 2.05) is 6.07 Å². The van der Waals surface area contributed by atoms with Crippen molar-refractivity contribution >= 4 is 33.0 Å². The number of rotatable bonds is 3. The topological polar surface area (TPSA) is 96.0 Å². The lowest BCUT2D eigenvalue weighted by Crippen LogP contribution is -2.13. The Labute approximate surface area is 128 Å². The summed E-state index contributed by atoms with van der Waals surface area (Å²) in [4.78, 5) is 0.0472. The molecular formula is C14H12ClN3O2S. The number of aryl methyl sites for hydroxylation is 1. The molecule has 108 valence electrons. The first-order valence-corrected chi connectivity index (χ1v) is 7.78. The third-order valence-corrected chi connectivity index (χ3v) is 4.58. The van der Waals surface area contributed by atoms with Gasteiger partial charge in [-0.15, -0.1) is 0 Å². The fourth-order valence-corrected chi connectivity index (χ4v) is 3.06. The van der Waals surface area contributed by atoms with Crippen LogP contribution in [0.25, 0.3) is 0 Å². The van der Waals surface area contributed by atoms with E-state index in [2.05, 4.69) is 4.72 Å². The number of benzene rings is 2. The van der Waals surface area contributed by atoms with Gasteiger partial charge < -0.3 is 5.73 Å². The van der Waals surface area contributed by atoms with E-state index < -0.39 is 10.0 Å². The van der Waals surface area contributed by atoms with E-state index >= 15 is 0 Å². The van der Waals surface area contributed by atoms with Crippen LogP contribution in [0.2, 0.25) is 5.02 Å². The quantitative estimate of drug-likeness (QED) is 0.849. The Balaban J connectivity index is 2.37. The summed E-state index contributed by atoms with van der Waals surface area (Å²) in [5.74, 6) is 0. The first kappa shape index (κ1) is 15.2. The van der Waals surface area contributed by atoms with Crippen molar-refractivity contribution in [1.29, 1.82) is 5.26 Å². The van der Waals surface area contributed by atoms with Crippen molar-refractivity contribution in [3.63, 3.8) is 0 Å². The third kappa shape index (κ3) is 3.27. The van der Waals surface area contributed by atoms with Crippen LogP contribution in [0.1, 0.15) is 11.1 Å². The number of nitrogens with two attached hydrogens (primary N) is 1. The summed E-state index contributed by atoms with van der Waals surface area (Å²) in [7, 11) is -3.79. The third-order valence-electron chi connectivity index (χ3n) is 2.90. The number of nitrogens with one attached hydrogen (secondary N) is 1. The van der Waals surface area contributed by atoms with E-state index in [0.717, 1.165) is 5.56 Å². The molecule has 0 aliphatic carbocycles. The summed E-state index contributed by atoms with van der Waals surface area (Å²) in [6, 6.07) is 10.7. The minimum Gasteiger partial charge on any atom is -0.398 e. The molecule has 0 aliphatic rings. The monoisotopic (exact) mass is 321 g/mol. The first-order valence-electron chi connectivity index (χ1n) is 5.92. The summed E-state index contributed by atoms with van der Waals surface area (Å²) in [6.45, 7) is 1.79. The van der Waals surface area contributed by atoms with E-state index in [-0.39, 0.29) is 15.6 Å². The Morgan fingerprint density at radius 3 is 2.52 bits per heavy atom. The highest BCUT2D eigenvalue weighted by Gasteiger charge is 2.16. The van der Waals surface area contributed by atoms with Gasteiger partial charge in [0, 0.05) is 5.69 Å². The number of anilines is 2. The molecule has 5 nitrogen and oxygen atoms in total. The first-order chi connectivity index (χ1) is 9.83. The Hall–Kier alpha value is -2.23.